The Bertz CT molecular complexity index is 464. The maximum Gasteiger partial charge on any atom is 0.169 e. The number of unbranched alkanes of at least 4 members (excludes halogenated alkanes) is 19. The van der Waals surface area contributed by atoms with Crippen LogP contribution in [0.15, 0.2) is 24.5 Å². The van der Waals surface area contributed by atoms with Crippen LogP contribution in [0.3, 0.4) is 0 Å². The maximum absolute atomic E-state index is 2.38. The first-order valence-electron chi connectivity index (χ1n) is 14.3. The van der Waals surface area contributed by atoms with Crippen molar-refractivity contribution in [2.24, 2.45) is 0 Å². The zero-order valence-corrected chi connectivity index (χ0v) is 21.5. The Morgan fingerprint density at radius 3 is 1.23 bits per heavy atom. The van der Waals surface area contributed by atoms with E-state index >= 15 is 0 Å². The van der Waals surface area contributed by atoms with Crippen molar-refractivity contribution in [2.45, 2.75) is 162 Å². The van der Waals surface area contributed by atoms with Crippen molar-refractivity contribution in [3.8, 4) is 0 Å². The second-order valence-electron chi connectivity index (χ2n) is 9.91. The van der Waals surface area contributed by atoms with E-state index in [1.54, 1.807) is 0 Å². The lowest BCUT2D eigenvalue weighted by molar-refractivity contribution is -0.697. The third-order valence-electron chi connectivity index (χ3n) is 6.80. The van der Waals surface area contributed by atoms with Crippen LogP contribution < -0.4 is 4.57 Å². The van der Waals surface area contributed by atoms with Crippen molar-refractivity contribution < 1.29 is 4.57 Å². The van der Waals surface area contributed by atoms with E-state index in [-0.39, 0.29) is 0 Å². The third-order valence-corrected chi connectivity index (χ3v) is 6.80. The van der Waals surface area contributed by atoms with E-state index in [1.807, 2.05) is 0 Å². The van der Waals surface area contributed by atoms with Crippen molar-refractivity contribution in [2.75, 3.05) is 0 Å². The molecule has 0 aromatic carbocycles. The van der Waals surface area contributed by atoms with Gasteiger partial charge in [-0.1, -0.05) is 129 Å². The minimum atomic E-state index is 1.19. The van der Waals surface area contributed by atoms with Crippen molar-refractivity contribution in [1.29, 1.82) is 0 Å². The summed E-state index contributed by atoms with van der Waals surface area (Å²) in [7, 11) is 0. The van der Waals surface area contributed by atoms with Gasteiger partial charge in [-0.05, 0) is 24.8 Å². The molecule has 0 fully saturated rings. The number of aryl methyl sites for hydroxylation is 2. The van der Waals surface area contributed by atoms with Gasteiger partial charge >= 0.3 is 0 Å². The Balaban J connectivity index is 1.87. The fourth-order valence-electron chi connectivity index (χ4n) is 4.58. The van der Waals surface area contributed by atoms with Gasteiger partial charge in [-0.15, -0.1) is 0 Å². The second kappa shape index (κ2) is 22.3. The molecule has 1 aromatic rings. The summed E-state index contributed by atoms with van der Waals surface area (Å²) in [4.78, 5) is 0. The first-order valence-corrected chi connectivity index (χ1v) is 14.3. The number of nitrogens with zero attached hydrogens (tertiary/aromatic N) is 1. The Morgan fingerprint density at radius 1 is 0.452 bits per heavy atom. The van der Waals surface area contributed by atoms with Gasteiger partial charge in [0.2, 0.25) is 0 Å². The first-order chi connectivity index (χ1) is 15.4. The Hall–Kier alpha value is -0.850. The van der Waals surface area contributed by atoms with Gasteiger partial charge in [0.15, 0.2) is 12.4 Å². The molecule has 0 spiro atoms. The van der Waals surface area contributed by atoms with Crippen LogP contribution in [0.1, 0.15) is 154 Å². The molecular formula is C30H56N+. The number of hydrogen-bond acceptors (Lipinski definition) is 0. The molecule has 1 heterocycles. The smallest absolute Gasteiger partial charge is 0.169 e. The highest BCUT2D eigenvalue weighted by Gasteiger charge is 2.02. The fraction of sp³-hybridized carbons (Fsp3) is 0.833. The molecule has 1 rings (SSSR count). The van der Waals surface area contributed by atoms with Crippen molar-refractivity contribution in [3.05, 3.63) is 30.1 Å². The van der Waals surface area contributed by atoms with Gasteiger partial charge in [0.25, 0.3) is 0 Å². The van der Waals surface area contributed by atoms with E-state index in [9.17, 15) is 0 Å². The van der Waals surface area contributed by atoms with Crippen LogP contribution in [0, 0.1) is 0 Å². The molecule has 1 heteroatoms. The molecule has 0 aliphatic heterocycles. The Labute approximate surface area is 196 Å². The number of pyridine rings is 1. The predicted molar refractivity (Wildman–Crippen MR) is 139 cm³/mol. The van der Waals surface area contributed by atoms with Crippen LogP contribution in [0.2, 0.25) is 0 Å². The summed E-state index contributed by atoms with van der Waals surface area (Å²) in [5, 5.41) is 0. The molecule has 0 aliphatic carbocycles. The fourth-order valence-corrected chi connectivity index (χ4v) is 4.58. The van der Waals surface area contributed by atoms with Crippen LogP contribution in [0.5, 0.6) is 0 Å². The standard InChI is InChI=1S/C30H56N/c1-3-5-7-9-11-12-13-14-15-16-17-19-21-23-27-31-28-25-30(26-29-31)24-22-20-18-10-8-6-4-2/h25-26,28-29H,3-24,27H2,1-2H3/q+1. The van der Waals surface area contributed by atoms with Crippen molar-refractivity contribution in [1.82, 2.24) is 0 Å². The summed E-state index contributed by atoms with van der Waals surface area (Å²) >= 11 is 0. The molecule has 0 bridgehead atoms. The lowest BCUT2D eigenvalue weighted by Gasteiger charge is -2.03. The van der Waals surface area contributed by atoms with E-state index in [0.29, 0.717) is 0 Å². The summed E-state index contributed by atoms with van der Waals surface area (Å²) in [5.74, 6) is 0. The molecule has 1 aromatic heterocycles. The molecule has 0 amide bonds. The molecule has 0 unspecified atom stereocenters. The van der Waals surface area contributed by atoms with Gasteiger partial charge in [-0.2, -0.15) is 0 Å². The van der Waals surface area contributed by atoms with Crippen LogP contribution in [0.25, 0.3) is 0 Å². The van der Waals surface area contributed by atoms with Gasteiger partial charge < -0.3 is 0 Å². The van der Waals surface area contributed by atoms with Crippen LogP contribution in [-0.2, 0) is 13.0 Å². The van der Waals surface area contributed by atoms with E-state index in [4.69, 9.17) is 0 Å². The zero-order valence-electron chi connectivity index (χ0n) is 21.5. The maximum atomic E-state index is 2.38. The molecular weight excluding hydrogens is 374 g/mol. The minimum absolute atomic E-state index is 1.19. The topological polar surface area (TPSA) is 3.88 Å². The van der Waals surface area contributed by atoms with Gasteiger partial charge in [-0.25, -0.2) is 4.57 Å². The second-order valence-corrected chi connectivity index (χ2v) is 9.91. The molecule has 0 saturated heterocycles. The van der Waals surface area contributed by atoms with Crippen LogP contribution >= 0.6 is 0 Å². The van der Waals surface area contributed by atoms with E-state index < -0.39 is 0 Å². The lowest BCUT2D eigenvalue weighted by atomic mass is 10.0. The molecule has 0 atom stereocenters. The van der Waals surface area contributed by atoms with Gasteiger partial charge in [-0.3, -0.25) is 0 Å². The van der Waals surface area contributed by atoms with Crippen molar-refractivity contribution >= 4 is 0 Å². The van der Waals surface area contributed by atoms with Gasteiger partial charge in [0.1, 0.15) is 6.54 Å². The summed E-state index contributed by atoms with van der Waals surface area (Å²) < 4.78 is 2.38. The predicted octanol–water partition coefficient (Wildman–Crippen LogP) is 9.75. The number of hydrogen-bond donors (Lipinski definition) is 0. The van der Waals surface area contributed by atoms with E-state index in [0.717, 1.165) is 0 Å². The summed E-state index contributed by atoms with van der Waals surface area (Å²) in [6.45, 7) is 5.78. The average Bonchev–Trinajstić information content (AvgIpc) is 2.79. The normalized spacial score (nSPS) is 11.3. The number of aromatic nitrogens is 1. The number of rotatable bonds is 23. The molecule has 0 aliphatic rings. The molecule has 0 radical (unpaired) electrons. The highest BCUT2D eigenvalue weighted by atomic mass is 14.9. The summed E-state index contributed by atoms with van der Waals surface area (Å²) in [6, 6.07) is 4.70. The van der Waals surface area contributed by atoms with Crippen molar-refractivity contribution in [3.63, 3.8) is 0 Å². The quantitative estimate of drug-likeness (QED) is 0.120. The Morgan fingerprint density at radius 2 is 0.806 bits per heavy atom. The molecule has 0 N–H and O–H groups in total. The summed E-state index contributed by atoms with van der Waals surface area (Å²) in [5.41, 5.74) is 1.52. The van der Waals surface area contributed by atoms with E-state index in [2.05, 4.69) is 42.9 Å². The molecule has 0 saturated carbocycles. The summed E-state index contributed by atoms with van der Waals surface area (Å²) in [6.07, 6.45) is 35.8. The SMILES string of the molecule is CCCCCCCCCCCCCCCC[n+]1ccc(CCCCCCCCC)cc1. The highest BCUT2D eigenvalue weighted by molar-refractivity contribution is 5.07. The van der Waals surface area contributed by atoms with E-state index in [1.165, 1.54) is 153 Å². The average molecular weight is 431 g/mol. The first kappa shape index (κ1) is 28.2. The Kier molecular flexibility index (Phi) is 20.3. The lowest BCUT2D eigenvalue weighted by Crippen LogP contribution is -2.32. The molecule has 1 nitrogen and oxygen atoms in total. The molecule has 31 heavy (non-hydrogen) atoms. The van der Waals surface area contributed by atoms with Gasteiger partial charge in [0, 0.05) is 18.6 Å². The largest absolute Gasteiger partial charge is 0.205 e. The van der Waals surface area contributed by atoms with Crippen LogP contribution in [0.4, 0.5) is 0 Å². The van der Waals surface area contributed by atoms with Gasteiger partial charge in [0.05, 0.1) is 0 Å². The zero-order chi connectivity index (χ0) is 22.2. The highest BCUT2D eigenvalue weighted by Crippen LogP contribution is 2.13. The molecule has 180 valence electrons. The minimum Gasteiger partial charge on any atom is -0.205 e. The third kappa shape index (κ3) is 18.4. The van der Waals surface area contributed by atoms with Crippen LogP contribution in [-0.4, -0.2) is 0 Å². The monoisotopic (exact) mass is 430 g/mol.